The number of nitrogens with one attached hydrogen (secondary N) is 3. The Balaban J connectivity index is 1.30. The van der Waals surface area contributed by atoms with Crippen LogP contribution in [-0.4, -0.2) is 207 Å². The van der Waals surface area contributed by atoms with Crippen LogP contribution in [0.5, 0.6) is 0 Å². The Morgan fingerprint density at radius 1 is 0.908 bits per heavy atom. The summed E-state index contributed by atoms with van der Waals surface area (Å²) in [5, 5.41) is 17.8. The summed E-state index contributed by atoms with van der Waals surface area (Å²) in [7, 11) is 4.46. The highest BCUT2D eigenvalue weighted by atomic mass is 28.4. The van der Waals surface area contributed by atoms with E-state index in [2.05, 4.69) is 49.5 Å². The lowest BCUT2D eigenvalue weighted by atomic mass is 9.73. The summed E-state index contributed by atoms with van der Waals surface area (Å²) in [6, 6.07) is -2.50. The summed E-state index contributed by atoms with van der Waals surface area (Å²) >= 11 is 0. The molecule has 5 aliphatic rings. The third-order valence-corrected chi connectivity index (χ3v) is 24.2. The molecule has 6 heterocycles. The number of esters is 2. The van der Waals surface area contributed by atoms with E-state index in [1.54, 1.807) is 55.4 Å². The minimum Gasteiger partial charge on any atom is -0.458 e. The van der Waals surface area contributed by atoms with Crippen molar-refractivity contribution in [3.63, 3.8) is 0 Å². The number of aromatic nitrogens is 2. The van der Waals surface area contributed by atoms with Crippen molar-refractivity contribution in [2.24, 2.45) is 23.7 Å². The molecule has 0 bridgehead atoms. The number of ether oxygens (including phenoxy) is 10. The highest BCUT2D eigenvalue weighted by Crippen LogP contribution is 2.46. The van der Waals surface area contributed by atoms with Gasteiger partial charge >= 0.3 is 29.8 Å². The van der Waals surface area contributed by atoms with Crippen LogP contribution < -0.4 is 21.9 Å². The second-order valence-corrected chi connectivity index (χ2v) is 32.3. The van der Waals surface area contributed by atoms with Gasteiger partial charge in [0.05, 0.1) is 54.6 Å². The molecule has 0 aromatic carbocycles. The largest absolute Gasteiger partial charge is 0.458 e. The number of methoxy groups -OCH3 is 2. The predicted octanol–water partition coefficient (Wildman–Crippen LogP) is 5.70. The molecule has 87 heavy (non-hydrogen) atoms. The number of fused-ring (bicyclic) bond motifs is 1. The molecule has 0 spiro atoms. The third kappa shape index (κ3) is 15.9. The van der Waals surface area contributed by atoms with Crippen LogP contribution in [0.4, 0.5) is 9.59 Å². The third-order valence-electron chi connectivity index (χ3n) is 19.7. The first-order valence-electron chi connectivity index (χ1n) is 31.0. The number of aliphatic hydroxyl groups excluding tert-OH is 1. The molecule has 5 fully saturated rings. The van der Waals surface area contributed by atoms with E-state index in [9.17, 15) is 29.1 Å². The zero-order valence-electron chi connectivity index (χ0n) is 55.5. The van der Waals surface area contributed by atoms with Crippen LogP contribution in [0.1, 0.15) is 147 Å². The molecule has 26 heteroatoms. The van der Waals surface area contributed by atoms with Gasteiger partial charge in [0.1, 0.15) is 35.9 Å². The van der Waals surface area contributed by atoms with Crippen molar-refractivity contribution in [2.45, 2.75) is 263 Å². The monoisotopic (exact) mass is 1250 g/mol. The minimum absolute atomic E-state index is 0.0198. The predicted molar refractivity (Wildman–Crippen MR) is 322 cm³/mol. The van der Waals surface area contributed by atoms with E-state index in [1.807, 2.05) is 39.8 Å². The van der Waals surface area contributed by atoms with E-state index >= 15 is 9.59 Å². The van der Waals surface area contributed by atoms with Gasteiger partial charge in [-0.05, 0) is 106 Å². The average Bonchev–Trinajstić information content (AvgIpc) is 1.77. The number of hydrogen-bond acceptors (Lipinski definition) is 20. The number of aryl methyl sites for hydroxylation is 1. The highest BCUT2D eigenvalue weighted by molar-refractivity contribution is 6.74. The number of aromatic amines is 1. The van der Waals surface area contributed by atoms with Gasteiger partial charge in [-0.2, -0.15) is 0 Å². The van der Waals surface area contributed by atoms with E-state index in [4.69, 9.17) is 51.8 Å². The van der Waals surface area contributed by atoms with Crippen LogP contribution in [0.25, 0.3) is 0 Å². The number of amides is 3. The molecule has 0 unspecified atom stereocenters. The van der Waals surface area contributed by atoms with Crippen molar-refractivity contribution in [1.29, 1.82) is 0 Å². The van der Waals surface area contributed by atoms with Gasteiger partial charge in [0.25, 0.3) is 5.56 Å². The van der Waals surface area contributed by atoms with Crippen LogP contribution in [0.2, 0.25) is 18.1 Å². The number of urea groups is 1. The normalized spacial score (nSPS) is 38.3. The van der Waals surface area contributed by atoms with Crippen molar-refractivity contribution < 1.29 is 80.9 Å². The van der Waals surface area contributed by atoms with Gasteiger partial charge in [-0.3, -0.25) is 28.7 Å². The smallest absolute Gasteiger partial charge is 0.410 e. The summed E-state index contributed by atoms with van der Waals surface area (Å²) in [4.78, 5) is 102. The fourth-order valence-electron chi connectivity index (χ4n) is 13.4. The zero-order chi connectivity index (χ0) is 65.2. The average molecular weight is 1250 g/mol. The Bertz CT molecular complexity index is 2690. The molecule has 25 nitrogen and oxygen atoms in total. The van der Waals surface area contributed by atoms with Gasteiger partial charge in [0.2, 0.25) is 0 Å². The van der Waals surface area contributed by atoms with Crippen molar-refractivity contribution in [1.82, 2.24) is 30.0 Å². The Morgan fingerprint density at radius 3 is 2.15 bits per heavy atom. The van der Waals surface area contributed by atoms with E-state index in [1.165, 1.54) is 36.8 Å². The molecule has 5 aliphatic heterocycles. The van der Waals surface area contributed by atoms with Gasteiger partial charge in [0, 0.05) is 82.6 Å². The van der Waals surface area contributed by atoms with Crippen LogP contribution >= 0.6 is 0 Å². The number of H-pyrrole nitrogens is 1. The first-order valence-corrected chi connectivity index (χ1v) is 33.9. The lowest BCUT2D eigenvalue weighted by Crippen LogP contribution is -2.62. The Labute approximate surface area is 514 Å². The lowest BCUT2D eigenvalue weighted by molar-refractivity contribution is -0.320. The first kappa shape index (κ1) is 71.7. The maximum atomic E-state index is 15.4. The molecule has 0 radical (unpaired) electrons. The van der Waals surface area contributed by atoms with Crippen LogP contribution in [0.3, 0.4) is 0 Å². The zero-order valence-corrected chi connectivity index (χ0v) is 56.5. The van der Waals surface area contributed by atoms with Crippen molar-refractivity contribution in [3.8, 4) is 0 Å². The van der Waals surface area contributed by atoms with E-state index in [0.29, 0.717) is 12.0 Å². The Kier molecular flexibility index (Phi) is 23.4. The maximum Gasteiger partial charge on any atom is 0.410 e. The summed E-state index contributed by atoms with van der Waals surface area (Å²) < 4.78 is 72.3. The fourth-order valence-corrected chi connectivity index (χ4v) is 14.4. The van der Waals surface area contributed by atoms with Crippen molar-refractivity contribution in [2.75, 3.05) is 48.0 Å². The van der Waals surface area contributed by atoms with Gasteiger partial charge in [-0.15, -0.1) is 0 Å². The summed E-state index contributed by atoms with van der Waals surface area (Å²) in [6.07, 6.45) is -8.10. The van der Waals surface area contributed by atoms with Gasteiger partial charge < -0.3 is 77.3 Å². The number of aliphatic hydroxyl groups is 1. The van der Waals surface area contributed by atoms with Crippen LogP contribution in [0.15, 0.2) is 15.8 Å². The second kappa shape index (κ2) is 28.4. The number of carbonyl (C=O) groups excluding carboxylic acids is 5. The summed E-state index contributed by atoms with van der Waals surface area (Å²) in [6.45, 7) is 31.4. The van der Waals surface area contributed by atoms with Crippen molar-refractivity contribution >= 4 is 38.2 Å². The van der Waals surface area contributed by atoms with Crippen LogP contribution in [-0.2, 0) is 66.2 Å². The molecule has 21 atom stereocenters. The summed E-state index contributed by atoms with van der Waals surface area (Å²) in [5.74, 6) is -5.09. The van der Waals surface area contributed by atoms with Gasteiger partial charge in [0.15, 0.2) is 32.6 Å². The molecule has 0 saturated carbocycles. The van der Waals surface area contributed by atoms with E-state index < -0.39 is 158 Å². The molecule has 4 N–H and O–H groups in total. The number of rotatable bonds is 18. The highest BCUT2D eigenvalue weighted by Gasteiger charge is 2.61. The number of hydrogen-bond donors (Lipinski definition) is 4. The first-order chi connectivity index (χ1) is 40.4. The maximum absolute atomic E-state index is 15.4. The number of cyclic esters (lactones) is 1. The minimum atomic E-state index is -2.29. The van der Waals surface area contributed by atoms with Crippen LogP contribution in [0, 0.1) is 30.6 Å². The van der Waals surface area contributed by atoms with Gasteiger partial charge in [-0.1, -0.05) is 48.5 Å². The fraction of sp³-hybridized carbons (Fsp3) is 0.852. The standard InChI is InChI=1S/C61H104N6O19Si/c1-22-43-61(15)49(66(57(75)86-61)25-23-24-62-55(73)63-40-27-44(67-30-33(3)52(71)64-56(67)74)82-42(40)31-78-87(20,21)58(10,11)12)35(5)46(69)32(2)28-59(13,76-18)50(85-54-47(70)41(65(16)17)26-34(4)79-54)36(6)48(37(7)53(72)83-43)84-45-29-60(14,77-19)51(38(8)80-45)81-39(9)68/h30,32,34-38,40-45,47-51,54,70H,22-29,31H2,1-21H3,(H2,62,63,73)(H,64,71,74)/t32-,34-,35+,36+,37-,38+,40+,41+,42-,43-,44-,45+,47-,48+,49+,50-,51+,54+,59-,60-,61-/m1/s1. The molecular weight excluding hydrogens is 1150 g/mol. The molecule has 1 aromatic heterocycles. The number of carbonyl (C=O) groups is 5. The Hall–Kier alpha value is -4.35. The molecule has 496 valence electrons. The second-order valence-electron chi connectivity index (χ2n) is 27.5. The topological polar surface area (TPSA) is 293 Å². The molecule has 0 aliphatic carbocycles. The number of Topliss-reactive ketones (excluding diaryl/α,β-unsaturated/α-hetero) is 1. The van der Waals surface area contributed by atoms with E-state index in [0.717, 1.165) is 0 Å². The molecular formula is C61H104N6O19Si. The number of likely N-dealkylation sites (N-methyl/N-ethyl adjacent to an activating group) is 1. The van der Waals surface area contributed by atoms with Crippen molar-refractivity contribution in [3.05, 3.63) is 32.6 Å². The number of ketones is 1. The molecule has 6 rings (SSSR count). The van der Waals surface area contributed by atoms with E-state index in [-0.39, 0.29) is 74.8 Å². The van der Waals surface area contributed by atoms with Gasteiger partial charge in [-0.25, -0.2) is 14.4 Å². The molecule has 3 amide bonds. The SMILES string of the molecule is CC[C@H]1OC(=O)[C@H](C)[C@@H](O[C@H]2C[C@@](C)(OC)[C@@H](OC(C)=O)[C@H](C)O2)[C@H](C)[C@@H](O[C@@H]2O[C@H](C)C[C@H](N(C)C)[C@H]2O)[C@](C)(OC)C[C@@H](C)C(=O)[C@H](C)[C@@H]2N(CCCNC(=O)N[C@H]3C[C@H](n4cc(C)c(=O)[nH]c4=O)O[C@@H]3CO[Si](C)(C)C(C)(C)C)C(=O)O[C@@]21C. The Morgan fingerprint density at radius 2 is 1.55 bits per heavy atom. The molecule has 1 aromatic rings. The molecule has 5 saturated heterocycles. The quantitative estimate of drug-likeness (QED) is 0.0593. The lowest BCUT2D eigenvalue weighted by Gasteiger charge is -2.50. The number of nitrogens with zero attached hydrogens (tertiary/aromatic N) is 3. The summed E-state index contributed by atoms with van der Waals surface area (Å²) in [5.41, 5.74) is -4.89.